The molecular formula is C26H25ClN2O. The highest BCUT2D eigenvalue weighted by molar-refractivity contribution is 6.30. The largest absolute Gasteiger partial charge is 0.378 e. The molecule has 1 N–H and O–H groups in total. The van der Waals surface area contributed by atoms with Gasteiger partial charge in [0.05, 0.1) is 0 Å². The van der Waals surface area contributed by atoms with Crippen molar-refractivity contribution >= 4 is 17.3 Å². The third kappa shape index (κ3) is 4.74. The van der Waals surface area contributed by atoms with Crippen LogP contribution in [0.4, 0.5) is 5.69 Å². The number of nitrogens with one attached hydrogen (secondary N) is 1. The van der Waals surface area contributed by atoms with E-state index in [4.69, 9.17) is 16.1 Å². The molecule has 0 saturated heterocycles. The molecule has 0 fully saturated rings. The van der Waals surface area contributed by atoms with Gasteiger partial charge >= 0.3 is 0 Å². The number of anilines is 1. The molecule has 152 valence electrons. The highest BCUT2D eigenvalue weighted by atomic mass is 35.5. The molecule has 0 aliphatic carbocycles. The summed E-state index contributed by atoms with van der Waals surface area (Å²) < 4.78 is 5.68. The Balaban J connectivity index is 1.47. The van der Waals surface area contributed by atoms with E-state index in [1.54, 1.807) is 0 Å². The summed E-state index contributed by atoms with van der Waals surface area (Å²) in [5.74, 6) is 0.779. The van der Waals surface area contributed by atoms with Gasteiger partial charge in [-0.1, -0.05) is 83.5 Å². The molecule has 1 heterocycles. The summed E-state index contributed by atoms with van der Waals surface area (Å²) in [7, 11) is 0. The zero-order chi connectivity index (χ0) is 20.9. The van der Waals surface area contributed by atoms with Crippen LogP contribution in [0.15, 0.2) is 83.4 Å². The third-order valence-corrected chi connectivity index (χ3v) is 5.50. The number of rotatable bonds is 7. The van der Waals surface area contributed by atoms with E-state index in [0.29, 0.717) is 0 Å². The van der Waals surface area contributed by atoms with Gasteiger partial charge < -0.3 is 9.84 Å². The van der Waals surface area contributed by atoms with Crippen LogP contribution in [-0.4, -0.2) is 11.2 Å². The van der Waals surface area contributed by atoms with Gasteiger partial charge in [0.2, 0.25) is 0 Å². The highest BCUT2D eigenvalue weighted by Gasteiger charge is 2.17. The Bertz CT molecular complexity index is 1100. The Hall–Kier alpha value is -3.04. The Labute approximate surface area is 182 Å². The maximum atomic E-state index is 6.10. The highest BCUT2D eigenvalue weighted by Crippen LogP contribution is 2.33. The molecule has 0 radical (unpaired) electrons. The van der Waals surface area contributed by atoms with Gasteiger partial charge in [0.1, 0.15) is 11.4 Å². The first-order chi connectivity index (χ1) is 14.6. The predicted molar refractivity (Wildman–Crippen MR) is 125 cm³/mol. The number of halogens is 1. The SMILES string of the molecule is Cc1noc(-c2ccc(-c3ccccc3)cc2)c1N[C@H](C)CCc1cccc(Cl)c1. The van der Waals surface area contributed by atoms with E-state index in [2.05, 4.69) is 72.0 Å². The molecule has 3 nitrogen and oxygen atoms in total. The average molecular weight is 417 g/mol. The lowest BCUT2D eigenvalue weighted by atomic mass is 10.0. The molecule has 1 aromatic heterocycles. The van der Waals surface area contributed by atoms with E-state index in [9.17, 15) is 0 Å². The Kier molecular flexibility index (Phi) is 6.20. The van der Waals surface area contributed by atoms with Gasteiger partial charge in [-0.3, -0.25) is 0 Å². The van der Waals surface area contributed by atoms with Gasteiger partial charge in [-0.15, -0.1) is 0 Å². The van der Waals surface area contributed by atoms with E-state index in [1.807, 2.05) is 31.2 Å². The van der Waals surface area contributed by atoms with Crippen LogP contribution in [0.5, 0.6) is 0 Å². The average Bonchev–Trinajstić information content (AvgIpc) is 3.13. The molecule has 3 aromatic carbocycles. The lowest BCUT2D eigenvalue weighted by Crippen LogP contribution is -2.16. The summed E-state index contributed by atoms with van der Waals surface area (Å²) in [6.45, 7) is 4.15. The van der Waals surface area contributed by atoms with Gasteiger partial charge in [-0.05, 0) is 55.5 Å². The third-order valence-electron chi connectivity index (χ3n) is 5.26. The van der Waals surface area contributed by atoms with Crippen LogP contribution < -0.4 is 5.32 Å². The number of benzene rings is 3. The van der Waals surface area contributed by atoms with E-state index < -0.39 is 0 Å². The second-order valence-electron chi connectivity index (χ2n) is 7.63. The van der Waals surface area contributed by atoms with Crippen molar-refractivity contribution in [2.24, 2.45) is 0 Å². The molecule has 0 spiro atoms. The van der Waals surface area contributed by atoms with Crippen molar-refractivity contribution in [2.75, 3.05) is 5.32 Å². The Morgan fingerprint density at radius 3 is 2.33 bits per heavy atom. The summed E-state index contributed by atoms with van der Waals surface area (Å²) in [5, 5.41) is 8.58. The van der Waals surface area contributed by atoms with Crippen molar-refractivity contribution in [2.45, 2.75) is 32.7 Å². The van der Waals surface area contributed by atoms with Crippen LogP contribution in [0.25, 0.3) is 22.5 Å². The molecule has 1 atom stereocenters. The quantitative estimate of drug-likeness (QED) is 0.341. The fourth-order valence-corrected chi connectivity index (χ4v) is 3.79. The fourth-order valence-electron chi connectivity index (χ4n) is 3.58. The summed E-state index contributed by atoms with van der Waals surface area (Å²) in [4.78, 5) is 0. The first-order valence-electron chi connectivity index (χ1n) is 10.2. The number of aromatic nitrogens is 1. The second-order valence-corrected chi connectivity index (χ2v) is 8.07. The van der Waals surface area contributed by atoms with Crippen LogP contribution in [-0.2, 0) is 6.42 Å². The van der Waals surface area contributed by atoms with Crippen molar-refractivity contribution in [1.82, 2.24) is 5.16 Å². The first kappa shape index (κ1) is 20.2. The van der Waals surface area contributed by atoms with Crippen molar-refractivity contribution in [3.63, 3.8) is 0 Å². The maximum absolute atomic E-state index is 6.10. The van der Waals surface area contributed by atoms with Gasteiger partial charge in [0.25, 0.3) is 0 Å². The number of nitrogens with zero attached hydrogens (tertiary/aromatic N) is 1. The van der Waals surface area contributed by atoms with E-state index >= 15 is 0 Å². The zero-order valence-corrected chi connectivity index (χ0v) is 18.0. The van der Waals surface area contributed by atoms with Crippen LogP contribution in [0.1, 0.15) is 24.6 Å². The van der Waals surface area contributed by atoms with E-state index in [1.165, 1.54) is 16.7 Å². The molecule has 0 bridgehead atoms. The standard InChI is InChI=1S/C26H25ClN2O/c1-18(11-12-20-7-6-10-24(27)17-20)28-25-19(2)29-30-26(25)23-15-13-22(14-16-23)21-8-4-3-5-9-21/h3-10,13-18,28H,11-12H2,1-2H3/t18-/m1/s1. The van der Waals surface area contributed by atoms with Crippen LogP contribution >= 0.6 is 11.6 Å². The van der Waals surface area contributed by atoms with E-state index in [-0.39, 0.29) is 6.04 Å². The first-order valence-corrected chi connectivity index (χ1v) is 10.6. The topological polar surface area (TPSA) is 38.1 Å². The molecule has 0 unspecified atom stereocenters. The van der Waals surface area contributed by atoms with Crippen molar-refractivity contribution < 1.29 is 4.52 Å². The van der Waals surface area contributed by atoms with Gasteiger partial charge in [0.15, 0.2) is 5.76 Å². The molecule has 30 heavy (non-hydrogen) atoms. The number of hydrogen-bond donors (Lipinski definition) is 1. The molecule has 0 aliphatic heterocycles. The summed E-state index contributed by atoms with van der Waals surface area (Å²) >= 11 is 6.10. The second kappa shape index (κ2) is 9.19. The van der Waals surface area contributed by atoms with E-state index in [0.717, 1.165) is 40.6 Å². The Morgan fingerprint density at radius 1 is 0.900 bits per heavy atom. The number of hydrogen-bond acceptors (Lipinski definition) is 3. The summed E-state index contributed by atoms with van der Waals surface area (Å²) in [5.41, 5.74) is 6.47. The Morgan fingerprint density at radius 2 is 1.60 bits per heavy atom. The molecule has 4 heteroatoms. The minimum atomic E-state index is 0.268. The molecule has 4 aromatic rings. The monoisotopic (exact) mass is 416 g/mol. The van der Waals surface area contributed by atoms with Gasteiger partial charge in [0, 0.05) is 16.6 Å². The van der Waals surface area contributed by atoms with Crippen LogP contribution in [0.2, 0.25) is 5.02 Å². The number of aryl methyl sites for hydroxylation is 2. The van der Waals surface area contributed by atoms with Gasteiger partial charge in [-0.2, -0.15) is 0 Å². The normalized spacial score (nSPS) is 12.0. The van der Waals surface area contributed by atoms with Crippen molar-refractivity contribution in [3.05, 3.63) is 95.1 Å². The molecule has 0 amide bonds. The van der Waals surface area contributed by atoms with Crippen molar-refractivity contribution in [1.29, 1.82) is 0 Å². The zero-order valence-electron chi connectivity index (χ0n) is 17.2. The molecule has 0 saturated carbocycles. The van der Waals surface area contributed by atoms with Crippen LogP contribution in [0, 0.1) is 6.92 Å². The maximum Gasteiger partial charge on any atom is 0.190 e. The molecule has 0 aliphatic rings. The lowest BCUT2D eigenvalue weighted by Gasteiger charge is -2.15. The predicted octanol–water partition coefficient (Wildman–Crippen LogP) is 7.40. The minimum Gasteiger partial charge on any atom is -0.378 e. The summed E-state index contributed by atoms with van der Waals surface area (Å²) in [6, 6.07) is 27.1. The molecular weight excluding hydrogens is 392 g/mol. The van der Waals surface area contributed by atoms with Gasteiger partial charge in [-0.25, -0.2) is 0 Å². The van der Waals surface area contributed by atoms with Crippen molar-refractivity contribution in [3.8, 4) is 22.5 Å². The summed E-state index contributed by atoms with van der Waals surface area (Å²) in [6.07, 6.45) is 1.94. The smallest absolute Gasteiger partial charge is 0.190 e. The molecule has 4 rings (SSSR count). The fraction of sp³-hybridized carbons (Fsp3) is 0.192. The van der Waals surface area contributed by atoms with Crippen LogP contribution in [0.3, 0.4) is 0 Å². The minimum absolute atomic E-state index is 0.268. The lowest BCUT2D eigenvalue weighted by molar-refractivity contribution is 0.427.